The quantitative estimate of drug-likeness (QED) is 0.185. The number of methoxy groups -OCH3 is 3. The largest absolute Gasteiger partial charge is 0.496 e. The zero-order valence-electron chi connectivity index (χ0n) is 22.0. The van der Waals surface area contributed by atoms with Crippen molar-refractivity contribution in [1.82, 2.24) is 9.66 Å². The molecule has 0 fully saturated rings. The molecule has 0 bridgehead atoms. The van der Waals surface area contributed by atoms with E-state index in [-0.39, 0.29) is 17.3 Å². The SMILES string of the molecule is COC(=O)[C@H](C)Oc1c(C=Nn2c(-c3cc4c(OC)cccc4o3)nc3ccccc3c2=O)cc(Cl)cc1OC. The number of fused-ring (bicyclic) bond motifs is 2. The summed E-state index contributed by atoms with van der Waals surface area (Å²) in [4.78, 5) is 30.4. The number of halogens is 1. The first-order valence-corrected chi connectivity index (χ1v) is 12.5. The maximum atomic E-state index is 13.7. The van der Waals surface area contributed by atoms with Gasteiger partial charge in [-0.1, -0.05) is 29.8 Å². The van der Waals surface area contributed by atoms with Gasteiger partial charge < -0.3 is 23.4 Å². The van der Waals surface area contributed by atoms with Crippen LogP contribution in [0.5, 0.6) is 17.2 Å². The van der Waals surface area contributed by atoms with Gasteiger partial charge in [0.25, 0.3) is 5.56 Å². The molecule has 5 aromatic rings. The molecule has 0 saturated heterocycles. The van der Waals surface area contributed by atoms with Crippen molar-refractivity contribution >= 4 is 45.7 Å². The van der Waals surface area contributed by atoms with E-state index in [2.05, 4.69) is 5.10 Å². The molecule has 0 aliphatic carbocycles. The fourth-order valence-electron chi connectivity index (χ4n) is 4.19. The molecule has 0 aliphatic rings. The molecular formula is C29H24ClN3O7. The highest BCUT2D eigenvalue weighted by molar-refractivity contribution is 6.31. The molecule has 3 aromatic carbocycles. The first kappa shape index (κ1) is 26.8. The van der Waals surface area contributed by atoms with Gasteiger partial charge in [-0.3, -0.25) is 4.79 Å². The van der Waals surface area contributed by atoms with Gasteiger partial charge in [0, 0.05) is 16.7 Å². The standard InChI is InChI=1S/C29H24ClN3O7/c1-16(29(35)38-4)39-26-17(12-18(30)13-24(26)37-3)15-31-33-27(32-21-9-6-5-8-19(21)28(33)34)25-14-20-22(36-2)10-7-11-23(20)40-25/h5-16H,1-4H3/t16-/m0/s1. The van der Waals surface area contributed by atoms with Crippen molar-refractivity contribution in [3.8, 4) is 28.8 Å². The Hall–Kier alpha value is -4.83. The lowest BCUT2D eigenvalue weighted by Gasteiger charge is -2.17. The highest BCUT2D eigenvalue weighted by Gasteiger charge is 2.21. The number of para-hydroxylation sites is 1. The average Bonchev–Trinajstić information content (AvgIpc) is 3.41. The molecule has 0 N–H and O–H groups in total. The number of esters is 1. The van der Waals surface area contributed by atoms with Crippen LogP contribution in [0.25, 0.3) is 33.5 Å². The molecule has 0 saturated carbocycles. The summed E-state index contributed by atoms with van der Waals surface area (Å²) in [6.07, 6.45) is 0.413. The monoisotopic (exact) mass is 561 g/mol. The van der Waals surface area contributed by atoms with Crippen molar-refractivity contribution in [1.29, 1.82) is 0 Å². The minimum atomic E-state index is -0.960. The number of hydrogen-bond donors (Lipinski definition) is 0. The molecule has 0 radical (unpaired) electrons. The number of benzene rings is 3. The van der Waals surface area contributed by atoms with Crippen LogP contribution in [0.15, 0.2) is 75.0 Å². The Morgan fingerprint density at radius 1 is 1.02 bits per heavy atom. The Labute approximate surface area is 233 Å². The maximum Gasteiger partial charge on any atom is 0.346 e. The van der Waals surface area contributed by atoms with Crippen molar-refractivity contribution in [3.05, 3.63) is 81.6 Å². The number of rotatable bonds is 8. The molecular weight excluding hydrogens is 538 g/mol. The van der Waals surface area contributed by atoms with E-state index in [4.69, 9.17) is 39.9 Å². The molecule has 11 heteroatoms. The highest BCUT2D eigenvalue weighted by Crippen LogP contribution is 2.35. The van der Waals surface area contributed by atoms with Gasteiger partial charge in [0.05, 0.1) is 43.8 Å². The molecule has 2 heterocycles. The van der Waals surface area contributed by atoms with E-state index in [1.165, 1.54) is 33.4 Å². The van der Waals surface area contributed by atoms with Crippen LogP contribution in [0, 0.1) is 0 Å². The number of hydrogen-bond acceptors (Lipinski definition) is 9. The zero-order chi connectivity index (χ0) is 28.4. The summed E-state index contributed by atoms with van der Waals surface area (Å²) in [5.74, 6) is 0.941. The first-order chi connectivity index (χ1) is 19.3. The van der Waals surface area contributed by atoms with E-state index in [1.54, 1.807) is 55.6 Å². The number of aromatic nitrogens is 2. The summed E-state index contributed by atoms with van der Waals surface area (Å²) in [7, 11) is 4.27. The first-order valence-electron chi connectivity index (χ1n) is 12.1. The molecule has 0 unspecified atom stereocenters. The fourth-order valence-corrected chi connectivity index (χ4v) is 4.40. The molecule has 40 heavy (non-hydrogen) atoms. The minimum Gasteiger partial charge on any atom is -0.496 e. The van der Waals surface area contributed by atoms with Gasteiger partial charge in [0.15, 0.2) is 23.4 Å². The van der Waals surface area contributed by atoms with Crippen molar-refractivity contribution in [3.63, 3.8) is 0 Å². The van der Waals surface area contributed by atoms with Crippen LogP contribution in [-0.2, 0) is 9.53 Å². The summed E-state index contributed by atoms with van der Waals surface area (Å²) in [6.45, 7) is 1.53. The number of ether oxygens (including phenoxy) is 4. The number of furan rings is 1. The Balaban J connectivity index is 1.70. The molecule has 2 aromatic heterocycles. The van der Waals surface area contributed by atoms with Crippen molar-refractivity contribution < 1.29 is 28.2 Å². The average molecular weight is 562 g/mol. The van der Waals surface area contributed by atoms with Gasteiger partial charge in [-0.25, -0.2) is 9.78 Å². The second kappa shape index (κ2) is 11.1. The lowest BCUT2D eigenvalue weighted by atomic mass is 10.2. The molecule has 204 valence electrons. The van der Waals surface area contributed by atoms with Crippen LogP contribution in [0.2, 0.25) is 5.02 Å². The number of carbonyl (C=O) groups is 1. The third kappa shape index (κ3) is 4.96. The van der Waals surface area contributed by atoms with Crippen molar-refractivity contribution in [2.24, 2.45) is 5.10 Å². The summed E-state index contributed by atoms with van der Waals surface area (Å²) in [5, 5.41) is 5.87. The van der Waals surface area contributed by atoms with Crippen LogP contribution in [0.1, 0.15) is 12.5 Å². The van der Waals surface area contributed by atoms with Gasteiger partial charge in [-0.2, -0.15) is 9.78 Å². The topological polar surface area (TPSA) is 114 Å². The number of carbonyl (C=O) groups excluding carboxylic acids is 1. The van der Waals surface area contributed by atoms with E-state index in [0.29, 0.717) is 44.0 Å². The van der Waals surface area contributed by atoms with Crippen molar-refractivity contribution in [2.45, 2.75) is 13.0 Å². The van der Waals surface area contributed by atoms with Crippen LogP contribution in [-0.4, -0.2) is 49.3 Å². The zero-order valence-corrected chi connectivity index (χ0v) is 22.8. The third-order valence-electron chi connectivity index (χ3n) is 6.12. The smallest absolute Gasteiger partial charge is 0.346 e. The molecule has 5 rings (SSSR count). The summed E-state index contributed by atoms with van der Waals surface area (Å²) >= 11 is 6.32. The van der Waals surface area contributed by atoms with Gasteiger partial charge in [0.2, 0.25) is 5.82 Å². The van der Waals surface area contributed by atoms with Gasteiger partial charge in [-0.15, -0.1) is 0 Å². The lowest BCUT2D eigenvalue weighted by molar-refractivity contribution is -0.147. The predicted octanol–water partition coefficient (Wildman–Crippen LogP) is 5.30. The molecule has 1 atom stereocenters. The van der Waals surface area contributed by atoms with Gasteiger partial charge in [0.1, 0.15) is 11.3 Å². The molecule has 0 amide bonds. The lowest BCUT2D eigenvalue weighted by Crippen LogP contribution is -2.25. The number of nitrogens with zero attached hydrogens (tertiary/aromatic N) is 3. The minimum absolute atomic E-state index is 0.164. The van der Waals surface area contributed by atoms with Gasteiger partial charge in [-0.05, 0) is 43.3 Å². The summed E-state index contributed by atoms with van der Waals surface area (Å²) in [6, 6.07) is 17.2. The van der Waals surface area contributed by atoms with Gasteiger partial charge >= 0.3 is 5.97 Å². The highest BCUT2D eigenvalue weighted by atomic mass is 35.5. The Morgan fingerprint density at radius 2 is 1.80 bits per heavy atom. The summed E-state index contributed by atoms with van der Waals surface area (Å²) in [5.41, 5.74) is 0.946. The van der Waals surface area contributed by atoms with Crippen LogP contribution in [0.3, 0.4) is 0 Å². The third-order valence-corrected chi connectivity index (χ3v) is 6.34. The molecule has 0 aliphatic heterocycles. The van der Waals surface area contributed by atoms with E-state index >= 15 is 0 Å². The predicted molar refractivity (Wildman–Crippen MR) is 151 cm³/mol. The second-order valence-corrected chi connectivity index (χ2v) is 9.04. The fraction of sp³-hybridized carbons (Fsp3) is 0.172. The van der Waals surface area contributed by atoms with E-state index in [9.17, 15) is 9.59 Å². The Kier molecular flexibility index (Phi) is 7.43. The van der Waals surface area contributed by atoms with E-state index in [0.717, 1.165) is 4.68 Å². The van der Waals surface area contributed by atoms with Crippen LogP contribution >= 0.6 is 11.6 Å². The summed E-state index contributed by atoms with van der Waals surface area (Å²) < 4.78 is 28.7. The van der Waals surface area contributed by atoms with Crippen LogP contribution < -0.4 is 19.8 Å². The second-order valence-electron chi connectivity index (χ2n) is 8.61. The Morgan fingerprint density at radius 3 is 2.55 bits per heavy atom. The maximum absolute atomic E-state index is 13.7. The Bertz CT molecular complexity index is 1830. The van der Waals surface area contributed by atoms with E-state index < -0.39 is 17.6 Å². The van der Waals surface area contributed by atoms with Crippen LogP contribution in [0.4, 0.5) is 0 Å². The van der Waals surface area contributed by atoms with E-state index in [1.807, 2.05) is 6.07 Å². The molecule has 10 nitrogen and oxygen atoms in total. The van der Waals surface area contributed by atoms with Crippen molar-refractivity contribution in [2.75, 3.05) is 21.3 Å². The normalized spacial score (nSPS) is 12.1. The molecule has 0 spiro atoms.